The van der Waals surface area contributed by atoms with E-state index in [9.17, 15) is 4.79 Å². The minimum absolute atomic E-state index is 0.220. The Labute approximate surface area is 185 Å². The van der Waals surface area contributed by atoms with Gasteiger partial charge < -0.3 is 20.3 Å². The molecule has 1 fully saturated rings. The van der Waals surface area contributed by atoms with Crippen LogP contribution in [0.3, 0.4) is 0 Å². The summed E-state index contributed by atoms with van der Waals surface area (Å²) < 4.78 is 5.73. The predicted octanol–water partition coefficient (Wildman–Crippen LogP) is 3.52. The van der Waals surface area contributed by atoms with Crippen LogP contribution in [-0.2, 0) is 22.5 Å². The highest BCUT2D eigenvalue weighted by Crippen LogP contribution is 2.21. The van der Waals surface area contributed by atoms with E-state index in [0.717, 1.165) is 69.2 Å². The number of nitrogens with zero attached hydrogens (tertiary/aromatic N) is 2. The molecule has 0 bridgehead atoms. The molecule has 0 spiro atoms. The van der Waals surface area contributed by atoms with Gasteiger partial charge in [-0.15, -0.1) is 0 Å². The van der Waals surface area contributed by atoms with Gasteiger partial charge in [0.1, 0.15) is 0 Å². The molecule has 2 N–H and O–H groups in total. The molecule has 2 aromatic rings. The second-order valence-electron chi connectivity index (χ2n) is 7.72. The summed E-state index contributed by atoms with van der Waals surface area (Å²) in [7, 11) is 1.78. The van der Waals surface area contributed by atoms with E-state index >= 15 is 0 Å². The smallest absolute Gasteiger partial charge is 0.227 e. The van der Waals surface area contributed by atoms with E-state index in [4.69, 9.17) is 4.74 Å². The summed E-state index contributed by atoms with van der Waals surface area (Å²) in [6, 6.07) is 18.6. The van der Waals surface area contributed by atoms with E-state index in [0.29, 0.717) is 13.0 Å². The Kier molecular flexibility index (Phi) is 9.38. The fourth-order valence-corrected chi connectivity index (χ4v) is 3.59. The van der Waals surface area contributed by atoms with E-state index in [1.54, 1.807) is 7.05 Å². The molecule has 0 atom stereocenters. The number of carbonyl (C=O) groups excluding carboxylic acids is 1. The van der Waals surface area contributed by atoms with Crippen molar-refractivity contribution in [2.24, 2.45) is 4.99 Å². The second-order valence-corrected chi connectivity index (χ2v) is 7.72. The van der Waals surface area contributed by atoms with Crippen molar-refractivity contribution < 1.29 is 9.53 Å². The van der Waals surface area contributed by atoms with Gasteiger partial charge in [0.25, 0.3) is 0 Å². The number of anilines is 1. The summed E-state index contributed by atoms with van der Waals surface area (Å²) in [6.07, 6.45) is 4.63. The van der Waals surface area contributed by atoms with Gasteiger partial charge in [-0.3, -0.25) is 9.79 Å². The van der Waals surface area contributed by atoms with E-state index in [-0.39, 0.29) is 5.91 Å². The molecular formula is C25H34N4O2. The Morgan fingerprint density at radius 2 is 1.81 bits per heavy atom. The van der Waals surface area contributed by atoms with Gasteiger partial charge in [0.2, 0.25) is 5.91 Å². The molecule has 0 radical (unpaired) electrons. The van der Waals surface area contributed by atoms with Gasteiger partial charge in [-0.25, -0.2) is 0 Å². The lowest BCUT2D eigenvalue weighted by Gasteiger charge is -2.16. The quantitative estimate of drug-likeness (QED) is 0.330. The van der Waals surface area contributed by atoms with E-state index in [1.165, 1.54) is 5.56 Å². The van der Waals surface area contributed by atoms with Crippen LogP contribution >= 0.6 is 0 Å². The van der Waals surface area contributed by atoms with E-state index in [2.05, 4.69) is 52.0 Å². The van der Waals surface area contributed by atoms with Crippen LogP contribution in [0.2, 0.25) is 0 Å². The Morgan fingerprint density at radius 1 is 1.00 bits per heavy atom. The topological polar surface area (TPSA) is 66.0 Å². The third-order valence-electron chi connectivity index (χ3n) is 5.39. The van der Waals surface area contributed by atoms with E-state index in [1.807, 2.05) is 23.1 Å². The number of hydrogen-bond acceptors (Lipinski definition) is 3. The Hall–Kier alpha value is -2.86. The molecule has 0 saturated carbocycles. The first kappa shape index (κ1) is 22.8. The van der Waals surface area contributed by atoms with Crippen molar-refractivity contribution in [2.75, 3.05) is 38.3 Å². The first-order chi connectivity index (χ1) is 15.3. The fraction of sp³-hybridized carbons (Fsp3) is 0.440. The van der Waals surface area contributed by atoms with Crippen LogP contribution in [0.25, 0.3) is 0 Å². The number of unbranched alkanes of at least 4 members (excludes halogenated alkanes) is 1. The number of aliphatic imine (C=N–C) groups is 1. The number of ether oxygens (including phenoxy) is 1. The zero-order chi connectivity index (χ0) is 21.7. The lowest BCUT2D eigenvalue weighted by molar-refractivity contribution is -0.117. The summed E-state index contributed by atoms with van der Waals surface area (Å²) in [4.78, 5) is 18.0. The maximum Gasteiger partial charge on any atom is 0.227 e. The normalized spacial score (nSPS) is 14.2. The number of nitrogens with one attached hydrogen (secondary N) is 2. The van der Waals surface area contributed by atoms with Crippen LogP contribution in [-0.4, -0.2) is 45.2 Å². The van der Waals surface area contributed by atoms with Crippen LogP contribution in [0, 0.1) is 0 Å². The molecule has 1 aliphatic heterocycles. The third-order valence-corrected chi connectivity index (χ3v) is 5.39. The number of rotatable bonds is 11. The van der Waals surface area contributed by atoms with Gasteiger partial charge in [-0.05, 0) is 48.9 Å². The summed E-state index contributed by atoms with van der Waals surface area (Å²) in [5, 5.41) is 6.69. The first-order valence-corrected chi connectivity index (χ1v) is 11.2. The maximum atomic E-state index is 11.9. The lowest BCUT2D eigenvalue weighted by atomic mass is 10.2. The highest BCUT2D eigenvalue weighted by molar-refractivity contribution is 5.95. The zero-order valence-corrected chi connectivity index (χ0v) is 18.5. The summed E-state index contributed by atoms with van der Waals surface area (Å²) in [5.41, 5.74) is 3.46. The maximum absolute atomic E-state index is 11.9. The fourth-order valence-electron chi connectivity index (χ4n) is 3.59. The van der Waals surface area contributed by atoms with Gasteiger partial charge in [0.15, 0.2) is 5.96 Å². The van der Waals surface area contributed by atoms with Crippen LogP contribution < -0.4 is 15.5 Å². The highest BCUT2D eigenvalue weighted by Gasteiger charge is 2.21. The SMILES string of the molecule is CN=C(NCCCCOCCc1ccccc1)NCc1ccc(N2CCCC2=O)cc1. The average Bonchev–Trinajstić information content (AvgIpc) is 3.24. The van der Waals surface area contributed by atoms with Crippen molar-refractivity contribution in [2.45, 2.75) is 38.6 Å². The van der Waals surface area contributed by atoms with Crippen LogP contribution in [0.4, 0.5) is 5.69 Å². The van der Waals surface area contributed by atoms with Crippen LogP contribution in [0.1, 0.15) is 36.8 Å². The molecule has 166 valence electrons. The molecule has 0 aliphatic carbocycles. The lowest BCUT2D eigenvalue weighted by Crippen LogP contribution is -2.37. The van der Waals surface area contributed by atoms with Crippen molar-refractivity contribution >= 4 is 17.6 Å². The highest BCUT2D eigenvalue weighted by atomic mass is 16.5. The Morgan fingerprint density at radius 3 is 2.52 bits per heavy atom. The molecule has 3 rings (SSSR count). The second kappa shape index (κ2) is 12.7. The Balaban J connectivity index is 1.25. The molecular weight excluding hydrogens is 388 g/mol. The molecule has 1 amide bonds. The zero-order valence-electron chi connectivity index (χ0n) is 18.5. The molecule has 1 saturated heterocycles. The molecule has 6 nitrogen and oxygen atoms in total. The van der Waals surface area contributed by atoms with Crippen molar-refractivity contribution in [3.8, 4) is 0 Å². The number of hydrogen-bond donors (Lipinski definition) is 2. The molecule has 6 heteroatoms. The number of guanidine groups is 1. The van der Waals surface area contributed by atoms with Crippen molar-refractivity contribution in [1.82, 2.24) is 10.6 Å². The molecule has 2 aromatic carbocycles. The Bertz CT molecular complexity index is 821. The average molecular weight is 423 g/mol. The van der Waals surface area contributed by atoms with Crippen LogP contribution in [0.5, 0.6) is 0 Å². The van der Waals surface area contributed by atoms with Gasteiger partial charge in [-0.1, -0.05) is 42.5 Å². The summed E-state index contributed by atoms with van der Waals surface area (Å²) >= 11 is 0. The summed E-state index contributed by atoms with van der Waals surface area (Å²) in [5.74, 6) is 1.01. The van der Waals surface area contributed by atoms with Gasteiger partial charge in [0, 0.05) is 45.4 Å². The van der Waals surface area contributed by atoms with E-state index < -0.39 is 0 Å². The minimum Gasteiger partial charge on any atom is -0.381 e. The van der Waals surface area contributed by atoms with Crippen molar-refractivity contribution in [3.63, 3.8) is 0 Å². The molecule has 31 heavy (non-hydrogen) atoms. The molecule has 1 heterocycles. The van der Waals surface area contributed by atoms with Crippen molar-refractivity contribution in [1.29, 1.82) is 0 Å². The predicted molar refractivity (Wildman–Crippen MR) is 126 cm³/mol. The van der Waals surface area contributed by atoms with Crippen LogP contribution in [0.15, 0.2) is 59.6 Å². The number of amides is 1. The summed E-state index contributed by atoms with van der Waals surface area (Å²) in [6.45, 7) is 3.93. The minimum atomic E-state index is 0.220. The largest absolute Gasteiger partial charge is 0.381 e. The monoisotopic (exact) mass is 422 g/mol. The van der Waals surface area contributed by atoms with Crippen molar-refractivity contribution in [3.05, 3.63) is 65.7 Å². The van der Waals surface area contributed by atoms with Gasteiger partial charge in [-0.2, -0.15) is 0 Å². The number of benzene rings is 2. The van der Waals surface area contributed by atoms with Gasteiger partial charge in [0.05, 0.1) is 6.61 Å². The standard InChI is InChI=1S/C25H34N4O2/c1-26-25(27-16-5-6-18-31-19-15-21-8-3-2-4-9-21)28-20-22-11-13-23(14-12-22)29-17-7-10-24(29)30/h2-4,8-9,11-14H,5-7,10,15-20H2,1H3,(H2,26,27,28). The molecule has 0 unspecified atom stereocenters. The van der Waals surface area contributed by atoms with Gasteiger partial charge >= 0.3 is 0 Å². The third kappa shape index (κ3) is 7.72. The molecule has 1 aliphatic rings. The first-order valence-electron chi connectivity index (χ1n) is 11.2. The molecule has 0 aromatic heterocycles. The number of carbonyl (C=O) groups is 1.